The van der Waals surface area contributed by atoms with Crippen molar-refractivity contribution in [2.45, 2.75) is 79.1 Å². The van der Waals surface area contributed by atoms with Gasteiger partial charge in [0, 0.05) is 31.9 Å². The van der Waals surface area contributed by atoms with Gasteiger partial charge in [-0.05, 0) is 81.2 Å². The van der Waals surface area contributed by atoms with Crippen molar-refractivity contribution in [2.24, 2.45) is 22.9 Å². The van der Waals surface area contributed by atoms with Crippen LogP contribution in [-0.4, -0.2) is 24.7 Å². The second kappa shape index (κ2) is 14.7. The minimum absolute atomic E-state index is 0.521. The lowest BCUT2D eigenvalue weighted by atomic mass is 9.85. The Morgan fingerprint density at radius 2 is 1.76 bits per heavy atom. The molecule has 210 valence electrons. The summed E-state index contributed by atoms with van der Waals surface area (Å²) in [7, 11) is 1.77. The van der Waals surface area contributed by atoms with Crippen molar-refractivity contribution < 1.29 is 9.90 Å². The first kappa shape index (κ1) is 31.0. The molecule has 2 aromatic carbocycles. The van der Waals surface area contributed by atoms with Gasteiger partial charge in [0.1, 0.15) is 0 Å². The normalized spacial score (nSPS) is 14.7. The number of nitrogens with two attached hydrogens (primary N) is 3. The van der Waals surface area contributed by atoms with Crippen LogP contribution in [-0.2, 0) is 17.6 Å². The summed E-state index contributed by atoms with van der Waals surface area (Å²) in [5.41, 5.74) is 18.1. The Morgan fingerprint density at radius 1 is 1.11 bits per heavy atom. The third-order valence-corrected chi connectivity index (χ3v) is 7.49. The smallest absolute Gasteiger partial charge is 0.309 e. The maximum Gasteiger partial charge on any atom is 0.309 e. The van der Waals surface area contributed by atoms with E-state index in [9.17, 15) is 9.90 Å². The van der Waals surface area contributed by atoms with Crippen LogP contribution in [0, 0.1) is 25.2 Å². The molecule has 0 amide bonds. The first-order valence-corrected chi connectivity index (χ1v) is 13.7. The Bertz CT molecular complexity index is 1070. The number of hydrogen-bond acceptors (Lipinski definition) is 6. The molecule has 0 bridgehead atoms. The Kier molecular flexibility index (Phi) is 12.0. The molecular formula is C31H49N5O2. The highest BCUT2D eigenvalue weighted by atomic mass is 16.4. The van der Waals surface area contributed by atoms with Crippen LogP contribution in [0.25, 0.3) is 0 Å². The lowest BCUT2D eigenvalue weighted by Crippen LogP contribution is -2.26. The summed E-state index contributed by atoms with van der Waals surface area (Å²) < 4.78 is 0. The summed E-state index contributed by atoms with van der Waals surface area (Å²) in [4.78, 5) is 11.4. The maximum absolute atomic E-state index is 11.4. The molecule has 0 atom stereocenters. The third kappa shape index (κ3) is 9.60. The van der Waals surface area contributed by atoms with Crippen LogP contribution in [0.15, 0.2) is 48.3 Å². The summed E-state index contributed by atoms with van der Waals surface area (Å²) in [6.07, 6.45) is 11.0. The molecule has 1 fully saturated rings. The predicted octanol–water partition coefficient (Wildman–Crippen LogP) is 5.44. The summed E-state index contributed by atoms with van der Waals surface area (Å²) in [5.74, 6) is 5.51. The molecule has 7 heteroatoms. The van der Waals surface area contributed by atoms with Crippen molar-refractivity contribution >= 4 is 17.3 Å². The predicted molar refractivity (Wildman–Crippen MR) is 160 cm³/mol. The largest absolute Gasteiger partial charge is 0.481 e. The number of carbonyl (C=O) groups is 1. The number of nitrogen functional groups attached to an aromatic ring is 1. The minimum atomic E-state index is -0.767. The number of hydrogen-bond donors (Lipinski definition) is 5. The van der Waals surface area contributed by atoms with Gasteiger partial charge in [-0.15, -0.1) is 0 Å². The summed E-state index contributed by atoms with van der Waals surface area (Å²) in [5, 5.41) is 14.5. The van der Waals surface area contributed by atoms with E-state index in [0.29, 0.717) is 6.42 Å². The van der Waals surface area contributed by atoms with Crippen molar-refractivity contribution in [3.05, 3.63) is 70.5 Å². The van der Waals surface area contributed by atoms with E-state index in [0.717, 1.165) is 47.1 Å². The van der Waals surface area contributed by atoms with Gasteiger partial charge >= 0.3 is 5.97 Å². The maximum atomic E-state index is 11.4. The molecule has 0 heterocycles. The van der Waals surface area contributed by atoms with E-state index in [1.165, 1.54) is 54.7 Å². The van der Waals surface area contributed by atoms with Crippen LogP contribution in [0.5, 0.6) is 0 Å². The first-order valence-electron chi connectivity index (χ1n) is 13.7. The number of rotatable bonds is 9. The number of aliphatic carboxylic acids is 1. The van der Waals surface area contributed by atoms with E-state index in [1.807, 2.05) is 31.2 Å². The van der Waals surface area contributed by atoms with Crippen molar-refractivity contribution in [1.29, 1.82) is 0 Å². The average molecular weight is 524 g/mol. The standard InChI is InChI=1S/C23H36N2O2.C8H13N3/c1-17-10-11-19(14-23(2,3)22(26)27)12-20(17)13-21(15-24)25-16-18-8-6-4-5-7-9-18;1-6-4-3-5-7(8(6)9)11(2)10/h10-12,15,18,25H,4-9,13-14,16,24H2,1-3H3,(H,26,27);3-5H,9-10H2,1-2H3/b21-15-;. The Labute approximate surface area is 229 Å². The van der Waals surface area contributed by atoms with E-state index in [2.05, 4.69) is 24.4 Å². The Hall–Kier alpha value is -3.19. The van der Waals surface area contributed by atoms with Crippen molar-refractivity contribution in [1.82, 2.24) is 5.32 Å². The number of aryl methyl sites for hydroxylation is 2. The first-order chi connectivity index (χ1) is 17.9. The van der Waals surface area contributed by atoms with Crippen LogP contribution < -0.4 is 27.6 Å². The molecule has 0 unspecified atom stereocenters. The number of benzene rings is 2. The number of para-hydroxylation sites is 1. The summed E-state index contributed by atoms with van der Waals surface area (Å²) in [6, 6.07) is 12.0. The minimum Gasteiger partial charge on any atom is -0.481 e. The van der Waals surface area contributed by atoms with Gasteiger partial charge in [-0.25, -0.2) is 5.84 Å². The number of anilines is 2. The summed E-state index contributed by atoms with van der Waals surface area (Å²) in [6.45, 7) is 8.60. The number of hydrazine groups is 1. The highest BCUT2D eigenvalue weighted by Crippen LogP contribution is 2.26. The number of carboxylic acids is 1. The molecule has 8 N–H and O–H groups in total. The van der Waals surface area contributed by atoms with Gasteiger partial charge in [-0.2, -0.15) is 0 Å². The van der Waals surface area contributed by atoms with Crippen LogP contribution in [0.1, 0.15) is 74.6 Å². The van der Waals surface area contributed by atoms with Gasteiger partial charge in [-0.3, -0.25) is 4.79 Å². The topological polar surface area (TPSA) is 131 Å². The molecule has 38 heavy (non-hydrogen) atoms. The van der Waals surface area contributed by atoms with Gasteiger partial charge < -0.3 is 26.9 Å². The highest BCUT2D eigenvalue weighted by molar-refractivity contribution is 5.74. The van der Waals surface area contributed by atoms with E-state index in [-0.39, 0.29) is 0 Å². The van der Waals surface area contributed by atoms with Gasteiger partial charge in [0.2, 0.25) is 0 Å². The number of carboxylic acid groups (broad SMARTS) is 1. The van der Waals surface area contributed by atoms with E-state index >= 15 is 0 Å². The molecule has 1 aliphatic rings. The lowest BCUT2D eigenvalue weighted by Gasteiger charge is -2.21. The fourth-order valence-electron chi connectivity index (χ4n) is 4.81. The SMILES string of the molecule is Cc1ccc(CC(C)(C)C(=O)O)cc1C/C(=C/N)NCC1CCCCCC1.Cc1cccc(N(C)N)c1N. The molecule has 0 aromatic heterocycles. The van der Waals surface area contributed by atoms with E-state index < -0.39 is 11.4 Å². The van der Waals surface area contributed by atoms with Crippen molar-refractivity contribution in [3.63, 3.8) is 0 Å². The Balaban J connectivity index is 0.000000384. The highest BCUT2D eigenvalue weighted by Gasteiger charge is 2.27. The van der Waals surface area contributed by atoms with Crippen molar-refractivity contribution in [3.8, 4) is 0 Å². The zero-order valence-electron chi connectivity index (χ0n) is 24.0. The van der Waals surface area contributed by atoms with E-state index in [4.69, 9.17) is 17.3 Å². The summed E-state index contributed by atoms with van der Waals surface area (Å²) >= 11 is 0. The molecule has 1 saturated carbocycles. The molecule has 0 radical (unpaired) electrons. The quantitative estimate of drug-likeness (QED) is 0.128. The Morgan fingerprint density at radius 3 is 2.32 bits per heavy atom. The van der Waals surface area contributed by atoms with Crippen molar-refractivity contribution in [2.75, 3.05) is 24.3 Å². The fraction of sp³-hybridized carbons (Fsp3) is 0.516. The molecule has 7 nitrogen and oxygen atoms in total. The van der Waals surface area contributed by atoms with Crippen LogP contribution in [0.3, 0.4) is 0 Å². The number of nitrogens with one attached hydrogen (secondary N) is 1. The van der Waals surface area contributed by atoms with Crippen LogP contribution in [0.2, 0.25) is 0 Å². The number of allylic oxidation sites excluding steroid dienone is 1. The zero-order valence-corrected chi connectivity index (χ0v) is 24.0. The molecule has 0 aliphatic heterocycles. The van der Waals surface area contributed by atoms with Gasteiger partial charge in [-0.1, -0.05) is 56.0 Å². The second-order valence-corrected chi connectivity index (χ2v) is 11.4. The molecule has 0 spiro atoms. The van der Waals surface area contributed by atoms with E-state index in [1.54, 1.807) is 27.1 Å². The lowest BCUT2D eigenvalue weighted by molar-refractivity contribution is -0.146. The van der Waals surface area contributed by atoms with Crippen LogP contribution >= 0.6 is 0 Å². The monoisotopic (exact) mass is 523 g/mol. The van der Waals surface area contributed by atoms with Crippen LogP contribution in [0.4, 0.5) is 11.4 Å². The molecular weight excluding hydrogens is 474 g/mol. The molecule has 0 saturated heterocycles. The number of nitrogens with zero attached hydrogens (tertiary/aromatic N) is 1. The van der Waals surface area contributed by atoms with Gasteiger partial charge in [0.05, 0.1) is 16.8 Å². The zero-order chi connectivity index (χ0) is 28.3. The molecule has 2 aromatic rings. The van der Waals surface area contributed by atoms with Gasteiger partial charge in [0.25, 0.3) is 0 Å². The average Bonchev–Trinajstić information content (AvgIpc) is 3.14. The van der Waals surface area contributed by atoms with Gasteiger partial charge in [0.15, 0.2) is 0 Å². The third-order valence-electron chi connectivity index (χ3n) is 7.49. The second-order valence-electron chi connectivity index (χ2n) is 11.4. The molecule has 3 rings (SSSR count). The molecule has 1 aliphatic carbocycles. The fourth-order valence-corrected chi connectivity index (χ4v) is 4.81.